The highest BCUT2D eigenvalue weighted by molar-refractivity contribution is 5.29. The molecule has 1 aromatic heterocycles. The molecule has 0 atom stereocenters. The predicted octanol–water partition coefficient (Wildman–Crippen LogP) is 2.75. The average molecular weight is 191 g/mol. The highest BCUT2D eigenvalue weighted by Crippen LogP contribution is 2.27. The second-order valence-corrected chi connectivity index (χ2v) is 3.80. The van der Waals surface area contributed by atoms with Gasteiger partial charge in [-0.25, -0.2) is 0 Å². The molecule has 2 rings (SSSR count). The Morgan fingerprint density at radius 3 is 2.71 bits per heavy atom. The number of aromatic nitrogens is 1. The van der Waals surface area contributed by atoms with E-state index in [1.165, 1.54) is 24.1 Å². The predicted molar refractivity (Wildman–Crippen MR) is 56.6 cm³/mol. The molecule has 0 aromatic carbocycles. The third-order valence-corrected chi connectivity index (χ3v) is 2.58. The van der Waals surface area contributed by atoms with Crippen molar-refractivity contribution >= 4 is 0 Å². The van der Waals surface area contributed by atoms with Gasteiger partial charge in [-0.05, 0) is 37.3 Å². The van der Waals surface area contributed by atoms with E-state index in [-0.39, 0.29) is 0 Å². The van der Waals surface area contributed by atoms with Gasteiger partial charge < -0.3 is 4.74 Å². The number of hydrogen-bond donors (Lipinski definition) is 0. The maximum absolute atomic E-state index is 5.70. The zero-order valence-corrected chi connectivity index (χ0v) is 8.92. The molecule has 14 heavy (non-hydrogen) atoms. The number of pyridine rings is 1. The van der Waals surface area contributed by atoms with Gasteiger partial charge in [-0.15, -0.1) is 0 Å². The van der Waals surface area contributed by atoms with Crippen molar-refractivity contribution in [3.05, 3.63) is 23.5 Å². The number of nitrogens with zero attached hydrogens (tertiary/aromatic N) is 1. The smallest absolute Gasteiger partial charge is 0.138 e. The molecule has 1 heterocycles. The van der Waals surface area contributed by atoms with E-state index in [9.17, 15) is 0 Å². The summed E-state index contributed by atoms with van der Waals surface area (Å²) < 4.78 is 5.70. The highest BCUT2D eigenvalue weighted by Gasteiger charge is 2.23. The number of rotatable bonds is 4. The topological polar surface area (TPSA) is 22.1 Å². The quantitative estimate of drug-likeness (QED) is 0.730. The van der Waals surface area contributed by atoms with E-state index >= 15 is 0 Å². The summed E-state index contributed by atoms with van der Waals surface area (Å²) in [6.07, 6.45) is 6.78. The van der Waals surface area contributed by atoms with E-state index in [0.717, 1.165) is 18.6 Å². The first-order valence-corrected chi connectivity index (χ1v) is 5.48. The van der Waals surface area contributed by atoms with Gasteiger partial charge in [0.25, 0.3) is 0 Å². The van der Waals surface area contributed by atoms with Gasteiger partial charge in [-0.2, -0.15) is 0 Å². The van der Waals surface area contributed by atoms with Crippen molar-refractivity contribution in [1.82, 2.24) is 4.98 Å². The molecule has 2 nitrogen and oxygen atoms in total. The Labute approximate surface area is 85.3 Å². The van der Waals surface area contributed by atoms with Crippen LogP contribution in [0, 0.1) is 0 Å². The molecule has 0 unspecified atom stereocenters. The van der Waals surface area contributed by atoms with Crippen molar-refractivity contribution in [1.29, 1.82) is 0 Å². The van der Waals surface area contributed by atoms with Crippen LogP contribution in [0.15, 0.2) is 12.3 Å². The van der Waals surface area contributed by atoms with E-state index in [4.69, 9.17) is 4.74 Å². The van der Waals surface area contributed by atoms with Gasteiger partial charge in [0.05, 0.1) is 12.3 Å². The highest BCUT2D eigenvalue weighted by atomic mass is 16.5. The van der Waals surface area contributed by atoms with Crippen molar-refractivity contribution in [2.24, 2.45) is 0 Å². The fraction of sp³-hybridized carbons (Fsp3) is 0.583. The van der Waals surface area contributed by atoms with E-state index in [0.29, 0.717) is 6.10 Å². The lowest BCUT2D eigenvalue weighted by Gasteiger charge is -2.08. The molecular formula is C12H17NO. The summed E-state index contributed by atoms with van der Waals surface area (Å²) in [6.45, 7) is 4.31. The van der Waals surface area contributed by atoms with Crippen LogP contribution in [0.4, 0.5) is 0 Å². The lowest BCUT2D eigenvalue weighted by atomic mass is 10.1. The molecule has 1 fully saturated rings. The summed E-state index contributed by atoms with van der Waals surface area (Å²) in [5.74, 6) is 0.946. The first-order valence-electron chi connectivity index (χ1n) is 5.48. The van der Waals surface area contributed by atoms with Crippen LogP contribution in [-0.4, -0.2) is 11.1 Å². The van der Waals surface area contributed by atoms with Crippen molar-refractivity contribution in [2.75, 3.05) is 0 Å². The molecule has 1 aliphatic carbocycles. The minimum Gasteiger partial charge on any atom is -0.489 e. The third-order valence-electron chi connectivity index (χ3n) is 2.58. The Kier molecular flexibility index (Phi) is 2.71. The molecule has 0 N–H and O–H groups in total. The first kappa shape index (κ1) is 9.50. The fourth-order valence-electron chi connectivity index (χ4n) is 1.58. The van der Waals surface area contributed by atoms with Gasteiger partial charge in [0.15, 0.2) is 0 Å². The Morgan fingerprint density at radius 1 is 1.36 bits per heavy atom. The van der Waals surface area contributed by atoms with Gasteiger partial charge in [-0.3, -0.25) is 4.98 Å². The summed E-state index contributed by atoms with van der Waals surface area (Å²) in [5, 5.41) is 0. The molecule has 1 aliphatic rings. The van der Waals surface area contributed by atoms with E-state index < -0.39 is 0 Å². The van der Waals surface area contributed by atoms with Crippen LogP contribution in [0.25, 0.3) is 0 Å². The largest absolute Gasteiger partial charge is 0.489 e. The molecule has 0 spiro atoms. The molecule has 2 heteroatoms. The SMILES string of the molecule is CCc1cc(OC2CC2)cnc1CC. The zero-order chi connectivity index (χ0) is 9.97. The summed E-state index contributed by atoms with van der Waals surface area (Å²) in [7, 11) is 0. The van der Waals surface area contributed by atoms with Crippen LogP contribution >= 0.6 is 0 Å². The van der Waals surface area contributed by atoms with E-state index in [1.807, 2.05) is 6.20 Å². The molecule has 0 saturated heterocycles. The molecule has 0 aliphatic heterocycles. The van der Waals surface area contributed by atoms with Gasteiger partial charge >= 0.3 is 0 Å². The number of aryl methyl sites for hydroxylation is 2. The molecule has 0 bridgehead atoms. The van der Waals surface area contributed by atoms with Gasteiger partial charge in [0.1, 0.15) is 5.75 Å². The molecular weight excluding hydrogens is 174 g/mol. The van der Waals surface area contributed by atoms with Gasteiger partial charge in [-0.1, -0.05) is 13.8 Å². The second-order valence-electron chi connectivity index (χ2n) is 3.80. The minimum absolute atomic E-state index is 0.467. The molecule has 1 saturated carbocycles. The standard InChI is InChI=1S/C12H17NO/c1-3-9-7-11(14-10-5-6-10)8-13-12(9)4-2/h7-8,10H,3-6H2,1-2H3. The van der Waals surface area contributed by atoms with Gasteiger partial charge in [0, 0.05) is 5.69 Å². The normalized spacial score (nSPS) is 15.6. The maximum Gasteiger partial charge on any atom is 0.138 e. The van der Waals surface area contributed by atoms with Crippen molar-refractivity contribution in [3.8, 4) is 5.75 Å². The van der Waals surface area contributed by atoms with Crippen LogP contribution in [0.1, 0.15) is 37.9 Å². The summed E-state index contributed by atoms with van der Waals surface area (Å²) >= 11 is 0. The van der Waals surface area contributed by atoms with Crippen LogP contribution in [0.2, 0.25) is 0 Å². The molecule has 0 radical (unpaired) electrons. The van der Waals surface area contributed by atoms with Crippen LogP contribution < -0.4 is 4.74 Å². The monoisotopic (exact) mass is 191 g/mol. The summed E-state index contributed by atoms with van der Waals surface area (Å²) in [5.41, 5.74) is 2.53. The first-order chi connectivity index (χ1) is 6.83. The molecule has 1 aromatic rings. The fourth-order valence-corrected chi connectivity index (χ4v) is 1.58. The summed E-state index contributed by atoms with van der Waals surface area (Å²) in [6, 6.07) is 2.14. The van der Waals surface area contributed by atoms with E-state index in [1.54, 1.807) is 0 Å². The maximum atomic E-state index is 5.70. The van der Waals surface area contributed by atoms with Crippen molar-refractivity contribution in [2.45, 2.75) is 45.6 Å². The zero-order valence-electron chi connectivity index (χ0n) is 8.92. The van der Waals surface area contributed by atoms with Crippen LogP contribution in [0.5, 0.6) is 5.75 Å². The van der Waals surface area contributed by atoms with Crippen LogP contribution in [-0.2, 0) is 12.8 Å². The number of hydrogen-bond acceptors (Lipinski definition) is 2. The lowest BCUT2D eigenvalue weighted by Crippen LogP contribution is -2.00. The summed E-state index contributed by atoms with van der Waals surface area (Å²) in [4.78, 5) is 4.42. The average Bonchev–Trinajstić information content (AvgIpc) is 3.01. The van der Waals surface area contributed by atoms with Gasteiger partial charge in [0.2, 0.25) is 0 Å². The minimum atomic E-state index is 0.467. The third kappa shape index (κ3) is 2.06. The Hall–Kier alpha value is -1.05. The molecule has 0 amide bonds. The Balaban J connectivity index is 2.16. The Bertz CT molecular complexity index is 318. The van der Waals surface area contributed by atoms with Crippen molar-refractivity contribution < 1.29 is 4.74 Å². The Morgan fingerprint density at radius 2 is 2.14 bits per heavy atom. The lowest BCUT2D eigenvalue weighted by molar-refractivity contribution is 0.301. The molecule has 76 valence electrons. The second kappa shape index (κ2) is 3.99. The number of ether oxygens (including phenoxy) is 1. The van der Waals surface area contributed by atoms with E-state index in [2.05, 4.69) is 24.9 Å². The van der Waals surface area contributed by atoms with Crippen LogP contribution in [0.3, 0.4) is 0 Å². The van der Waals surface area contributed by atoms with Crippen molar-refractivity contribution in [3.63, 3.8) is 0 Å².